The molecule has 0 spiro atoms. The number of methoxy groups -OCH3 is 1. The van der Waals surface area contributed by atoms with Gasteiger partial charge in [-0.3, -0.25) is 14.6 Å². The maximum Gasteiger partial charge on any atom is 0.324 e. The Labute approximate surface area is 189 Å². The minimum Gasteiger partial charge on any atom is -0.497 e. The van der Waals surface area contributed by atoms with Gasteiger partial charge >= 0.3 is 6.03 Å². The minimum atomic E-state index is -0.899. The Kier molecular flexibility index (Phi) is 6.61. The summed E-state index contributed by atoms with van der Waals surface area (Å²) in [5, 5.41) is 3.07. The van der Waals surface area contributed by atoms with Gasteiger partial charge in [-0.15, -0.1) is 0 Å². The second-order valence-corrected chi connectivity index (χ2v) is 8.68. The number of carbonyl (C=O) groups is 2. The number of amides is 3. The molecule has 2 fully saturated rings. The molecule has 2 heterocycles. The van der Waals surface area contributed by atoms with Crippen molar-refractivity contribution < 1.29 is 14.3 Å². The van der Waals surface area contributed by atoms with E-state index < -0.39 is 5.54 Å². The molecule has 2 saturated heterocycles. The van der Waals surface area contributed by atoms with Crippen molar-refractivity contribution >= 4 is 18.0 Å². The van der Waals surface area contributed by atoms with Crippen LogP contribution < -0.4 is 10.1 Å². The summed E-state index contributed by atoms with van der Waals surface area (Å²) < 4.78 is 5.35. The summed E-state index contributed by atoms with van der Waals surface area (Å²) in [6, 6.07) is 17.7. The number of carbonyl (C=O) groups excluding carboxylic acids is 2. The molecule has 0 aromatic heterocycles. The van der Waals surface area contributed by atoms with E-state index in [1.807, 2.05) is 42.5 Å². The van der Waals surface area contributed by atoms with Gasteiger partial charge in [0, 0.05) is 20.0 Å². The molecular formula is C26H31N3O3. The molecule has 2 aliphatic heterocycles. The number of nitrogens with one attached hydrogen (secondary N) is 1. The second kappa shape index (κ2) is 9.57. The van der Waals surface area contributed by atoms with Crippen molar-refractivity contribution in [2.45, 2.75) is 24.8 Å². The van der Waals surface area contributed by atoms with E-state index in [1.165, 1.54) is 10.5 Å². The number of hydrogen-bond donors (Lipinski definition) is 1. The van der Waals surface area contributed by atoms with E-state index in [2.05, 4.69) is 34.5 Å². The van der Waals surface area contributed by atoms with E-state index in [0.717, 1.165) is 43.8 Å². The first-order valence-electron chi connectivity index (χ1n) is 11.2. The molecule has 2 aromatic rings. The second-order valence-electron chi connectivity index (χ2n) is 8.68. The van der Waals surface area contributed by atoms with Crippen LogP contribution in [0.5, 0.6) is 5.75 Å². The summed E-state index contributed by atoms with van der Waals surface area (Å²) in [5.41, 5.74) is 1.29. The molecule has 1 atom stereocenters. The van der Waals surface area contributed by atoms with Gasteiger partial charge in [-0.25, -0.2) is 4.79 Å². The molecule has 1 N–H and O–H groups in total. The van der Waals surface area contributed by atoms with Crippen molar-refractivity contribution in [1.29, 1.82) is 0 Å². The molecule has 4 rings (SSSR count). The smallest absolute Gasteiger partial charge is 0.324 e. The number of likely N-dealkylation sites (tertiary alicyclic amines) is 1. The normalized spacial score (nSPS) is 22.5. The largest absolute Gasteiger partial charge is 0.497 e. The Hall–Kier alpha value is -3.12. The fourth-order valence-corrected chi connectivity index (χ4v) is 4.88. The lowest BCUT2D eigenvalue weighted by Gasteiger charge is -2.40. The summed E-state index contributed by atoms with van der Waals surface area (Å²) in [7, 11) is 3.20. The number of likely N-dealkylation sites (N-methyl/N-ethyl adjacent to an activating group) is 1. The van der Waals surface area contributed by atoms with Crippen LogP contribution in [0.1, 0.15) is 24.0 Å². The first-order valence-corrected chi connectivity index (χ1v) is 11.2. The standard InChI is InChI=1S/C26H31N3O3/c1-28-24(30)26(27-25(28)31,19-21-10-6-12-23(18-21)32-2)22-13-16-29(17-14-22)15-7-11-20-8-4-3-5-9-20/h3-12,18,22H,13-17,19H2,1-2H3,(H,27,31)/b11-7+/t26-/m1/s1. The molecule has 168 valence electrons. The van der Waals surface area contributed by atoms with Gasteiger partial charge in [0.05, 0.1) is 7.11 Å². The van der Waals surface area contributed by atoms with Crippen LogP contribution in [0.15, 0.2) is 60.7 Å². The minimum absolute atomic E-state index is 0.0875. The number of piperidine rings is 1. The molecule has 2 aliphatic rings. The summed E-state index contributed by atoms with van der Waals surface area (Å²) in [6.07, 6.45) is 6.54. The molecule has 6 heteroatoms. The van der Waals surface area contributed by atoms with E-state index in [9.17, 15) is 9.59 Å². The Morgan fingerprint density at radius 1 is 1.09 bits per heavy atom. The van der Waals surface area contributed by atoms with E-state index in [4.69, 9.17) is 4.74 Å². The number of ether oxygens (including phenoxy) is 1. The Bertz CT molecular complexity index is 983. The van der Waals surface area contributed by atoms with Crippen LogP contribution >= 0.6 is 0 Å². The zero-order chi connectivity index (χ0) is 22.6. The average Bonchev–Trinajstić information content (AvgIpc) is 3.04. The van der Waals surface area contributed by atoms with Crippen molar-refractivity contribution in [3.63, 3.8) is 0 Å². The van der Waals surface area contributed by atoms with Gasteiger partial charge in [0.2, 0.25) is 0 Å². The van der Waals surface area contributed by atoms with Gasteiger partial charge in [0.25, 0.3) is 5.91 Å². The molecule has 32 heavy (non-hydrogen) atoms. The van der Waals surface area contributed by atoms with Crippen LogP contribution in [0.3, 0.4) is 0 Å². The Morgan fingerprint density at radius 3 is 2.50 bits per heavy atom. The third-order valence-corrected chi connectivity index (χ3v) is 6.70. The van der Waals surface area contributed by atoms with E-state index in [-0.39, 0.29) is 17.9 Å². The SMILES string of the molecule is COc1cccc(C[C@]2(C3CCN(C/C=C/c4ccccc4)CC3)NC(=O)N(C)C2=O)c1. The number of hydrogen-bond acceptors (Lipinski definition) is 4. The monoisotopic (exact) mass is 433 g/mol. The highest BCUT2D eigenvalue weighted by Crippen LogP contribution is 2.36. The first-order chi connectivity index (χ1) is 15.5. The lowest BCUT2D eigenvalue weighted by Crippen LogP contribution is -2.57. The van der Waals surface area contributed by atoms with Gasteiger partial charge in [-0.1, -0.05) is 54.6 Å². The number of rotatable bonds is 7. The molecule has 0 saturated carbocycles. The summed E-state index contributed by atoms with van der Waals surface area (Å²) in [5.74, 6) is 0.708. The van der Waals surface area contributed by atoms with Gasteiger partial charge in [-0.2, -0.15) is 0 Å². The average molecular weight is 434 g/mol. The van der Waals surface area contributed by atoms with Crippen molar-refractivity contribution in [2.24, 2.45) is 5.92 Å². The van der Waals surface area contributed by atoms with E-state index in [0.29, 0.717) is 6.42 Å². The highest BCUT2D eigenvalue weighted by Gasteiger charge is 2.54. The molecular weight excluding hydrogens is 402 g/mol. The highest BCUT2D eigenvalue weighted by atomic mass is 16.5. The van der Waals surface area contributed by atoms with E-state index in [1.54, 1.807) is 14.2 Å². The molecule has 6 nitrogen and oxygen atoms in total. The highest BCUT2D eigenvalue weighted by molar-refractivity contribution is 6.07. The van der Waals surface area contributed by atoms with Gasteiger partial charge in [-0.05, 0) is 55.1 Å². The first kappa shape index (κ1) is 22.1. The van der Waals surface area contributed by atoms with Gasteiger partial charge in [0.1, 0.15) is 11.3 Å². The van der Waals surface area contributed by atoms with Gasteiger partial charge in [0.15, 0.2) is 0 Å². The third-order valence-electron chi connectivity index (χ3n) is 6.70. The maximum atomic E-state index is 13.3. The number of imide groups is 1. The zero-order valence-corrected chi connectivity index (χ0v) is 18.8. The predicted octanol–water partition coefficient (Wildman–Crippen LogP) is 3.58. The summed E-state index contributed by atoms with van der Waals surface area (Å²) >= 11 is 0. The quantitative estimate of drug-likeness (QED) is 0.678. The fraction of sp³-hybridized carbons (Fsp3) is 0.385. The summed E-state index contributed by atoms with van der Waals surface area (Å²) in [4.78, 5) is 29.4. The van der Waals surface area contributed by atoms with Crippen LogP contribution in [-0.4, -0.2) is 61.1 Å². The molecule has 0 unspecified atom stereocenters. The van der Waals surface area contributed by atoms with Crippen LogP contribution in [-0.2, 0) is 11.2 Å². The zero-order valence-electron chi connectivity index (χ0n) is 18.8. The topological polar surface area (TPSA) is 61.9 Å². The lowest BCUT2D eigenvalue weighted by atomic mass is 9.74. The van der Waals surface area contributed by atoms with Crippen LogP contribution in [0.25, 0.3) is 6.08 Å². The summed E-state index contributed by atoms with van der Waals surface area (Å²) in [6.45, 7) is 2.68. The number of nitrogens with zero attached hydrogens (tertiary/aromatic N) is 2. The molecule has 0 radical (unpaired) electrons. The Balaban J connectivity index is 1.45. The molecule has 0 aliphatic carbocycles. The Morgan fingerprint density at radius 2 is 1.84 bits per heavy atom. The van der Waals surface area contributed by atoms with Gasteiger partial charge < -0.3 is 10.1 Å². The molecule has 3 amide bonds. The maximum absolute atomic E-state index is 13.3. The van der Waals surface area contributed by atoms with Crippen LogP contribution in [0.4, 0.5) is 4.79 Å². The van der Waals surface area contributed by atoms with Crippen molar-refractivity contribution in [2.75, 3.05) is 33.8 Å². The van der Waals surface area contributed by atoms with E-state index >= 15 is 0 Å². The molecule has 0 bridgehead atoms. The predicted molar refractivity (Wildman–Crippen MR) is 125 cm³/mol. The number of benzene rings is 2. The fourth-order valence-electron chi connectivity index (χ4n) is 4.88. The van der Waals surface area contributed by atoms with Crippen molar-refractivity contribution in [3.8, 4) is 5.75 Å². The van der Waals surface area contributed by atoms with Crippen LogP contribution in [0.2, 0.25) is 0 Å². The third kappa shape index (κ3) is 4.55. The number of urea groups is 1. The lowest BCUT2D eigenvalue weighted by molar-refractivity contribution is -0.133. The van der Waals surface area contributed by atoms with Crippen molar-refractivity contribution in [1.82, 2.24) is 15.1 Å². The molecule has 2 aromatic carbocycles. The van der Waals surface area contributed by atoms with Crippen molar-refractivity contribution in [3.05, 3.63) is 71.8 Å². The van der Waals surface area contributed by atoms with Crippen LogP contribution in [0, 0.1) is 5.92 Å².